The van der Waals surface area contributed by atoms with E-state index in [-0.39, 0.29) is 24.9 Å². The van der Waals surface area contributed by atoms with E-state index in [1.165, 1.54) is 0 Å². The highest BCUT2D eigenvalue weighted by atomic mass is 16.6. The maximum absolute atomic E-state index is 12.3. The van der Waals surface area contributed by atoms with Crippen molar-refractivity contribution in [3.8, 4) is 0 Å². The van der Waals surface area contributed by atoms with E-state index >= 15 is 0 Å². The molecule has 0 aromatic carbocycles. The summed E-state index contributed by atoms with van der Waals surface area (Å²) < 4.78 is 10.7. The summed E-state index contributed by atoms with van der Waals surface area (Å²) in [5.74, 6) is -0.739. The fraction of sp³-hybridized carbons (Fsp3) is 0.833. The molecule has 2 aliphatic rings. The Bertz CT molecular complexity index is 395. The summed E-state index contributed by atoms with van der Waals surface area (Å²) in [5.41, 5.74) is 10.5. The van der Waals surface area contributed by atoms with Gasteiger partial charge >= 0.3 is 13.1 Å². The van der Waals surface area contributed by atoms with Crippen LogP contribution in [-0.2, 0) is 18.9 Å². The molecule has 0 unspecified atom stereocenters. The largest absolute Gasteiger partial charge is 0.527 e. The Morgan fingerprint density at radius 1 is 1.65 bits per heavy atom. The van der Waals surface area contributed by atoms with Crippen molar-refractivity contribution in [2.45, 2.75) is 31.6 Å². The number of hydrogen-bond acceptors (Lipinski definition) is 6. The van der Waals surface area contributed by atoms with E-state index in [9.17, 15) is 9.59 Å². The Hall–Kier alpha value is -1.12. The van der Waals surface area contributed by atoms with Gasteiger partial charge in [-0.05, 0) is 19.7 Å². The van der Waals surface area contributed by atoms with Crippen LogP contribution in [0.5, 0.6) is 0 Å². The van der Waals surface area contributed by atoms with E-state index in [0.29, 0.717) is 19.5 Å². The fourth-order valence-electron chi connectivity index (χ4n) is 2.96. The van der Waals surface area contributed by atoms with Gasteiger partial charge in [0.2, 0.25) is 5.91 Å². The minimum atomic E-state index is -1.14. The molecule has 0 radical (unpaired) electrons. The highest BCUT2D eigenvalue weighted by Gasteiger charge is 2.52. The standard InChI is InChI=1S/C12H22BN3O4/c1-2-19-13-5-3-4-9-7-16(10(17)6-14)8-12(9,15)11(18)20-13/h9H,2-8,14-15H2,1H3/t9-,12-/m0/s1. The third kappa shape index (κ3) is 2.82. The molecule has 1 amide bonds. The Morgan fingerprint density at radius 3 is 3.05 bits per heavy atom. The molecule has 8 heteroatoms. The van der Waals surface area contributed by atoms with Crippen molar-refractivity contribution in [2.24, 2.45) is 17.4 Å². The van der Waals surface area contributed by atoms with Gasteiger partial charge in [0.05, 0.1) is 6.54 Å². The molecule has 0 aromatic heterocycles. The van der Waals surface area contributed by atoms with Crippen molar-refractivity contribution in [3.63, 3.8) is 0 Å². The minimum absolute atomic E-state index is 0.0700. The number of nitrogens with two attached hydrogens (primary N) is 2. The molecule has 2 heterocycles. The van der Waals surface area contributed by atoms with Crippen molar-refractivity contribution in [1.29, 1.82) is 0 Å². The number of nitrogens with zero attached hydrogens (tertiary/aromatic N) is 1. The van der Waals surface area contributed by atoms with Crippen molar-refractivity contribution in [2.75, 3.05) is 26.2 Å². The van der Waals surface area contributed by atoms with Crippen molar-refractivity contribution in [3.05, 3.63) is 0 Å². The molecule has 0 spiro atoms. The molecule has 20 heavy (non-hydrogen) atoms. The fourth-order valence-corrected chi connectivity index (χ4v) is 2.96. The van der Waals surface area contributed by atoms with Crippen molar-refractivity contribution < 1.29 is 18.9 Å². The molecule has 2 fully saturated rings. The van der Waals surface area contributed by atoms with Gasteiger partial charge in [-0.2, -0.15) is 0 Å². The first-order valence-corrected chi connectivity index (χ1v) is 7.10. The summed E-state index contributed by atoms with van der Waals surface area (Å²) >= 11 is 0. The van der Waals surface area contributed by atoms with Gasteiger partial charge in [0.25, 0.3) is 0 Å². The second-order valence-corrected chi connectivity index (χ2v) is 5.44. The predicted molar refractivity (Wildman–Crippen MR) is 73.6 cm³/mol. The third-order valence-corrected chi connectivity index (χ3v) is 4.11. The van der Waals surface area contributed by atoms with Gasteiger partial charge in [-0.1, -0.05) is 6.42 Å². The van der Waals surface area contributed by atoms with Crippen LogP contribution in [0.15, 0.2) is 0 Å². The zero-order chi connectivity index (χ0) is 14.8. The highest BCUT2D eigenvalue weighted by molar-refractivity contribution is 6.47. The Morgan fingerprint density at radius 2 is 2.40 bits per heavy atom. The van der Waals surface area contributed by atoms with Crippen LogP contribution in [-0.4, -0.2) is 55.7 Å². The summed E-state index contributed by atoms with van der Waals surface area (Å²) in [7, 11) is -0.534. The molecule has 0 bridgehead atoms. The molecule has 4 N–H and O–H groups in total. The number of carbonyl (C=O) groups is 2. The summed E-state index contributed by atoms with van der Waals surface area (Å²) in [6.45, 7) is 2.91. The van der Waals surface area contributed by atoms with Crippen molar-refractivity contribution >= 4 is 19.0 Å². The van der Waals surface area contributed by atoms with Gasteiger partial charge < -0.3 is 25.7 Å². The second-order valence-electron chi connectivity index (χ2n) is 5.44. The quantitative estimate of drug-likeness (QED) is 0.641. The number of amides is 1. The highest BCUT2D eigenvalue weighted by Crippen LogP contribution is 2.33. The maximum atomic E-state index is 12.3. The zero-order valence-electron chi connectivity index (χ0n) is 11.8. The minimum Gasteiger partial charge on any atom is -0.508 e. The van der Waals surface area contributed by atoms with E-state index in [4.69, 9.17) is 20.8 Å². The smallest absolute Gasteiger partial charge is 0.508 e. The van der Waals surface area contributed by atoms with Crippen LogP contribution >= 0.6 is 0 Å². The first kappa shape index (κ1) is 15.3. The van der Waals surface area contributed by atoms with Crippen molar-refractivity contribution in [1.82, 2.24) is 4.90 Å². The summed E-state index contributed by atoms with van der Waals surface area (Å²) in [6.07, 6.45) is 2.30. The number of fused-ring (bicyclic) bond motifs is 1. The van der Waals surface area contributed by atoms with Gasteiger partial charge in [0, 0.05) is 25.6 Å². The van der Waals surface area contributed by atoms with E-state index in [0.717, 1.165) is 12.8 Å². The Labute approximate surface area is 119 Å². The first-order chi connectivity index (χ1) is 9.51. The van der Waals surface area contributed by atoms with E-state index in [1.54, 1.807) is 4.90 Å². The van der Waals surface area contributed by atoms with Gasteiger partial charge in [-0.25, -0.2) is 0 Å². The lowest BCUT2D eigenvalue weighted by molar-refractivity contribution is -0.143. The Balaban J connectivity index is 2.12. The van der Waals surface area contributed by atoms with Crippen LogP contribution in [0.3, 0.4) is 0 Å². The SMILES string of the molecule is CCOB1CCC[C@H]2CN(C(=O)CN)C[C@@]2(N)C(=O)O1. The lowest BCUT2D eigenvalue weighted by Crippen LogP contribution is -2.58. The van der Waals surface area contributed by atoms with Gasteiger partial charge in [-0.15, -0.1) is 0 Å². The molecule has 112 valence electrons. The van der Waals surface area contributed by atoms with Gasteiger partial charge in [0.15, 0.2) is 0 Å². The molecule has 2 rings (SSSR count). The van der Waals surface area contributed by atoms with Crippen LogP contribution in [0.4, 0.5) is 0 Å². The zero-order valence-corrected chi connectivity index (χ0v) is 11.8. The molecule has 2 atom stereocenters. The van der Waals surface area contributed by atoms with Crippen LogP contribution in [0.1, 0.15) is 19.8 Å². The molecule has 7 nitrogen and oxygen atoms in total. The Kier molecular flexibility index (Phi) is 4.67. The molecular weight excluding hydrogens is 261 g/mol. The monoisotopic (exact) mass is 283 g/mol. The predicted octanol–water partition coefficient (Wildman–Crippen LogP) is -1.04. The van der Waals surface area contributed by atoms with E-state index in [2.05, 4.69) is 0 Å². The molecule has 0 aromatic rings. The molecule has 0 aliphatic carbocycles. The second kappa shape index (κ2) is 6.11. The number of rotatable bonds is 3. The molecular formula is C12H22BN3O4. The summed E-state index contributed by atoms with van der Waals surface area (Å²) in [6, 6.07) is 0. The van der Waals surface area contributed by atoms with Crippen LogP contribution in [0.25, 0.3) is 0 Å². The number of likely N-dealkylation sites (tertiary alicyclic amines) is 1. The van der Waals surface area contributed by atoms with Crippen LogP contribution in [0.2, 0.25) is 6.32 Å². The molecule has 2 aliphatic heterocycles. The van der Waals surface area contributed by atoms with E-state index < -0.39 is 18.6 Å². The van der Waals surface area contributed by atoms with Crippen LogP contribution < -0.4 is 11.5 Å². The summed E-state index contributed by atoms with van der Waals surface area (Å²) in [5, 5.41) is 0. The third-order valence-electron chi connectivity index (χ3n) is 4.11. The molecule has 0 saturated carbocycles. The first-order valence-electron chi connectivity index (χ1n) is 7.10. The van der Waals surface area contributed by atoms with Gasteiger partial charge in [0.1, 0.15) is 5.54 Å². The summed E-state index contributed by atoms with van der Waals surface area (Å²) in [4.78, 5) is 25.6. The maximum Gasteiger partial charge on any atom is 0.527 e. The lowest BCUT2D eigenvalue weighted by Gasteiger charge is -2.31. The average molecular weight is 283 g/mol. The lowest BCUT2D eigenvalue weighted by atomic mass is 9.74. The average Bonchev–Trinajstić information content (AvgIpc) is 2.75. The normalized spacial score (nSPS) is 30.6. The van der Waals surface area contributed by atoms with E-state index in [1.807, 2.05) is 6.92 Å². The number of hydrogen-bond donors (Lipinski definition) is 2. The van der Waals surface area contributed by atoms with Crippen LogP contribution in [0, 0.1) is 5.92 Å². The van der Waals surface area contributed by atoms with Gasteiger partial charge in [-0.3, -0.25) is 9.59 Å². The molecule has 2 saturated heterocycles. The topological polar surface area (TPSA) is 108 Å². The number of carbonyl (C=O) groups excluding carboxylic acids is 2.